The largest absolute Gasteiger partial charge is 0.454 e. The highest BCUT2D eigenvalue weighted by atomic mass is 32.2. The van der Waals surface area contributed by atoms with Gasteiger partial charge in [0.1, 0.15) is 0 Å². The van der Waals surface area contributed by atoms with Crippen LogP contribution in [0.1, 0.15) is 25.7 Å². The minimum Gasteiger partial charge on any atom is -0.454 e. The van der Waals surface area contributed by atoms with E-state index in [1.54, 1.807) is 0 Å². The molecule has 28 heavy (non-hydrogen) atoms. The van der Waals surface area contributed by atoms with Gasteiger partial charge in [-0.15, -0.1) is 0 Å². The summed E-state index contributed by atoms with van der Waals surface area (Å²) in [5.41, 5.74) is 0. The van der Waals surface area contributed by atoms with Gasteiger partial charge in [-0.3, -0.25) is 0 Å². The molecule has 3 heterocycles. The van der Waals surface area contributed by atoms with Crippen LogP contribution in [0, 0.1) is 0 Å². The van der Waals surface area contributed by atoms with Crippen LogP contribution in [0.25, 0.3) is 0 Å². The lowest BCUT2D eigenvalue weighted by Gasteiger charge is -2.30. The Labute approximate surface area is 161 Å². The van der Waals surface area contributed by atoms with E-state index >= 15 is 0 Å². The van der Waals surface area contributed by atoms with E-state index < -0.39 is 22.8 Å². The molecule has 0 radical (unpaired) electrons. The Morgan fingerprint density at radius 2 is 1.75 bits per heavy atom. The fraction of sp³-hybridized carbons (Fsp3) is 0.800. The van der Waals surface area contributed by atoms with Gasteiger partial charge in [-0.1, -0.05) is 0 Å². The van der Waals surface area contributed by atoms with Gasteiger partial charge in [0.05, 0.1) is 6.26 Å². The van der Waals surface area contributed by atoms with Crippen molar-refractivity contribution in [1.82, 2.24) is 19.3 Å². The monoisotopic (exact) mass is 424 g/mol. The van der Waals surface area contributed by atoms with E-state index in [9.17, 15) is 21.6 Å². The molecule has 9 nitrogen and oxygen atoms in total. The van der Waals surface area contributed by atoms with E-state index in [-0.39, 0.29) is 23.9 Å². The summed E-state index contributed by atoms with van der Waals surface area (Å²) in [5, 5.41) is 3.08. The van der Waals surface area contributed by atoms with Crippen LogP contribution in [0.3, 0.4) is 0 Å². The third-order valence-electron chi connectivity index (χ3n) is 4.61. The minimum absolute atomic E-state index is 0.0951. The van der Waals surface area contributed by atoms with Crippen molar-refractivity contribution in [3.8, 4) is 6.01 Å². The van der Waals surface area contributed by atoms with Crippen molar-refractivity contribution in [2.24, 2.45) is 0 Å². The SMILES string of the molecule is CS(=O)(=O)N1CCC(Nc2nc(OCC(F)(F)F)nc(N3CCCC3)n2)CC1. The van der Waals surface area contributed by atoms with Crippen LogP contribution in [0.4, 0.5) is 25.1 Å². The van der Waals surface area contributed by atoms with E-state index in [4.69, 9.17) is 4.74 Å². The van der Waals surface area contributed by atoms with Gasteiger partial charge in [-0.05, 0) is 25.7 Å². The fourth-order valence-electron chi connectivity index (χ4n) is 3.19. The number of hydrogen-bond donors (Lipinski definition) is 1. The summed E-state index contributed by atoms with van der Waals surface area (Å²) in [4.78, 5) is 14.2. The molecule has 1 N–H and O–H groups in total. The molecule has 158 valence electrons. The zero-order chi connectivity index (χ0) is 20.4. The molecule has 1 aromatic heterocycles. The first-order valence-corrected chi connectivity index (χ1v) is 10.9. The summed E-state index contributed by atoms with van der Waals surface area (Å²) < 4.78 is 66.7. The second-order valence-corrected chi connectivity index (χ2v) is 8.90. The average molecular weight is 424 g/mol. The summed E-state index contributed by atoms with van der Waals surface area (Å²) in [6.45, 7) is 0.669. The Morgan fingerprint density at radius 3 is 2.32 bits per heavy atom. The molecule has 0 aromatic carbocycles. The molecule has 2 saturated heterocycles. The Morgan fingerprint density at radius 1 is 1.11 bits per heavy atom. The van der Waals surface area contributed by atoms with E-state index in [1.165, 1.54) is 10.6 Å². The first-order valence-electron chi connectivity index (χ1n) is 9.02. The first-order chi connectivity index (χ1) is 13.1. The number of ether oxygens (including phenoxy) is 1. The number of hydrogen-bond acceptors (Lipinski definition) is 8. The Balaban J connectivity index is 1.71. The van der Waals surface area contributed by atoms with Gasteiger partial charge in [0, 0.05) is 32.2 Å². The number of anilines is 2. The van der Waals surface area contributed by atoms with E-state index in [1.807, 2.05) is 4.90 Å². The van der Waals surface area contributed by atoms with Gasteiger partial charge in [-0.2, -0.15) is 28.1 Å². The third kappa shape index (κ3) is 5.80. The van der Waals surface area contributed by atoms with E-state index in [0.717, 1.165) is 25.9 Å². The fourth-order valence-corrected chi connectivity index (χ4v) is 4.07. The second kappa shape index (κ2) is 8.23. The van der Waals surface area contributed by atoms with Crippen LogP contribution in [-0.4, -0.2) is 78.9 Å². The van der Waals surface area contributed by atoms with Gasteiger partial charge < -0.3 is 15.0 Å². The summed E-state index contributed by atoms with van der Waals surface area (Å²) in [6.07, 6.45) is -0.340. The van der Waals surface area contributed by atoms with Crippen molar-refractivity contribution in [2.45, 2.75) is 37.9 Å². The van der Waals surface area contributed by atoms with Crippen LogP contribution < -0.4 is 15.0 Å². The van der Waals surface area contributed by atoms with E-state index in [0.29, 0.717) is 25.9 Å². The topological polar surface area (TPSA) is 101 Å². The number of sulfonamides is 1. The van der Waals surface area contributed by atoms with Crippen LogP contribution in [0.15, 0.2) is 0 Å². The standard InChI is InChI=1S/C15H23F3N6O3S/c1-28(25,26)24-8-4-11(5-9-24)19-12-20-13(23-6-2-3-7-23)22-14(21-12)27-10-15(16,17)18/h11H,2-10H2,1H3,(H,19,20,21,22). The van der Waals surface area contributed by atoms with Crippen molar-refractivity contribution >= 4 is 21.9 Å². The van der Waals surface area contributed by atoms with Crippen molar-refractivity contribution in [3.63, 3.8) is 0 Å². The normalized spacial score (nSPS) is 19.8. The molecule has 2 fully saturated rings. The van der Waals surface area contributed by atoms with Crippen molar-refractivity contribution in [1.29, 1.82) is 0 Å². The quantitative estimate of drug-likeness (QED) is 0.728. The van der Waals surface area contributed by atoms with Crippen molar-refractivity contribution < 1.29 is 26.3 Å². The molecule has 0 bridgehead atoms. The van der Waals surface area contributed by atoms with Gasteiger partial charge in [0.25, 0.3) is 0 Å². The molecule has 0 saturated carbocycles. The molecule has 0 amide bonds. The molecule has 0 unspecified atom stereocenters. The highest BCUT2D eigenvalue weighted by molar-refractivity contribution is 7.88. The first kappa shape index (κ1) is 20.8. The maximum absolute atomic E-state index is 12.5. The van der Waals surface area contributed by atoms with Gasteiger partial charge >= 0.3 is 12.2 Å². The highest BCUT2D eigenvalue weighted by Gasteiger charge is 2.30. The van der Waals surface area contributed by atoms with Crippen LogP contribution >= 0.6 is 0 Å². The number of nitrogens with zero attached hydrogens (tertiary/aromatic N) is 5. The predicted octanol–water partition coefficient (Wildman–Crippen LogP) is 1.25. The zero-order valence-corrected chi connectivity index (χ0v) is 16.3. The van der Waals surface area contributed by atoms with Gasteiger partial charge in [0.15, 0.2) is 6.61 Å². The number of rotatable bonds is 6. The number of nitrogens with one attached hydrogen (secondary N) is 1. The Hall–Kier alpha value is -1.89. The number of piperidine rings is 1. The Bertz CT molecular complexity index is 778. The van der Waals surface area contributed by atoms with Crippen LogP contribution in [-0.2, 0) is 10.0 Å². The Kier molecular flexibility index (Phi) is 6.12. The number of aromatic nitrogens is 3. The lowest BCUT2D eigenvalue weighted by molar-refractivity contribution is -0.154. The number of alkyl halides is 3. The zero-order valence-electron chi connectivity index (χ0n) is 15.4. The second-order valence-electron chi connectivity index (χ2n) is 6.92. The highest BCUT2D eigenvalue weighted by Crippen LogP contribution is 2.23. The molecule has 0 atom stereocenters. The summed E-state index contributed by atoms with van der Waals surface area (Å²) in [5.74, 6) is 0.410. The number of halogens is 3. The molecule has 2 aliphatic rings. The summed E-state index contributed by atoms with van der Waals surface area (Å²) in [7, 11) is -3.24. The molecule has 3 rings (SSSR count). The van der Waals surface area contributed by atoms with Gasteiger partial charge in [0.2, 0.25) is 21.9 Å². The average Bonchev–Trinajstić information content (AvgIpc) is 3.14. The third-order valence-corrected chi connectivity index (χ3v) is 5.92. The summed E-state index contributed by atoms with van der Waals surface area (Å²) >= 11 is 0. The molecule has 13 heteroatoms. The molecule has 0 aliphatic carbocycles. The molecular formula is C15H23F3N6O3S. The lowest BCUT2D eigenvalue weighted by atomic mass is 10.1. The maximum Gasteiger partial charge on any atom is 0.422 e. The molecule has 0 spiro atoms. The predicted molar refractivity (Wildman–Crippen MR) is 95.9 cm³/mol. The molecule has 2 aliphatic heterocycles. The smallest absolute Gasteiger partial charge is 0.422 e. The van der Waals surface area contributed by atoms with Crippen molar-refractivity contribution in [2.75, 3.05) is 49.3 Å². The van der Waals surface area contributed by atoms with E-state index in [2.05, 4.69) is 20.3 Å². The summed E-state index contributed by atoms with van der Waals surface area (Å²) in [6, 6.07) is -0.479. The lowest BCUT2D eigenvalue weighted by Crippen LogP contribution is -2.42. The minimum atomic E-state index is -4.49. The maximum atomic E-state index is 12.5. The van der Waals surface area contributed by atoms with Crippen LogP contribution in [0.2, 0.25) is 0 Å². The van der Waals surface area contributed by atoms with Crippen molar-refractivity contribution in [3.05, 3.63) is 0 Å². The molecule has 1 aromatic rings. The molecular weight excluding hydrogens is 401 g/mol. The van der Waals surface area contributed by atoms with Crippen LogP contribution in [0.5, 0.6) is 6.01 Å². The van der Waals surface area contributed by atoms with Gasteiger partial charge in [-0.25, -0.2) is 12.7 Å².